The Hall–Kier alpha value is 2.42. The molecule has 0 saturated heterocycles. The van der Waals surface area contributed by atoms with Crippen molar-refractivity contribution in [3.63, 3.8) is 0 Å². The van der Waals surface area contributed by atoms with Gasteiger partial charge in [0.25, 0.3) is 0 Å². The fourth-order valence-electron chi connectivity index (χ4n) is 0.542. The summed E-state index contributed by atoms with van der Waals surface area (Å²) in [5.41, 5.74) is 0. The number of hydrogen-bond acceptors (Lipinski definition) is 0. The van der Waals surface area contributed by atoms with Crippen molar-refractivity contribution in [1.82, 2.24) is 0 Å². The van der Waals surface area contributed by atoms with E-state index in [0.717, 1.165) is 14.1 Å². The standard InChI is InChI=1S/C10H24P2Se3/c1-9(2,3)11(7,13)15-12(8,14)10(4,5)6/h1-8H3. The van der Waals surface area contributed by atoms with Gasteiger partial charge in [-0.05, 0) is 0 Å². The average Bonchev–Trinajstić information content (AvgIpc) is 1.77. The van der Waals surface area contributed by atoms with Crippen molar-refractivity contribution < 1.29 is 0 Å². The van der Waals surface area contributed by atoms with Crippen molar-refractivity contribution >= 4 is 52.7 Å². The van der Waals surface area contributed by atoms with Crippen molar-refractivity contribution in [2.75, 3.05) is 13.3 Å². The van der Waals surface area contributed by atoms with Crippen LogP contribution >= 0.6 is 8.40 Å². The molecule has 0 aromatic rings. The summed E-state index contributed by atoms with van der Waals surface area (Å²) < 4.78 is -1.78. The summed E-state index contributed by atoms with van der Waals surface area (Å²) in [6.07, 6.45) is 0. The topological polar surface area (TPSA) is 0 Å². The zero-order valence-electron chi connectivity index (χ0n) is 11.1. The van der Waals surface area contributed by atoms with Crippen LogP contribution < -0.4 is 0 Å². The van der Waals surface area contributed by atoms with E-state index >= 15 is 0 Å². The fourth-order valence-corrected chi connectivity index (χ4v) is 61.5. The Balaban J connectivity index is 5.08. The first-order valence-corrected chi connectivity index (χ1v) is 18.4. The summed E-state index contributed by atoms with van der Waals surface area (Å²) in [6, 6.07) is 0. The predicted molar refractivity (Wildman–Crippen MR) is 82.5 cm³/mol. The van der Waals surface area contributed by atoms with Gasteiger partial charge in [-0.25, -0.2) is 0 Å². The molecule has 0 aliphatic carbocycles. The average molecular weight is 443 g/mol. The van der Waals surface area contributed by atoms with Gasteiger partial charge in [-0.15, -0.1) is 0 Å². The first-order chi connectivity index (χ1) is 6.21. The third-order valence-electron chi connectivity index (χ3n) is 2.75. The first kappa shape index (κ1) is 17.4. The molecule has 92 valence electrons. The van der Waals surface area contributed by atoms with Crippen LogP contribution in [0.15, 0.2) is 0 Å². The Morgan fingerprint density at radius 2 is 0.933 bits per heavy atom. The third-order valence-corrected chi connectivity index (χ3v) is 48.8. The summed E-state index contributed by atoms with van der Waals surface area (Å²) >= 11 is 7.88. The molecule has 0 rings (SSSR count). The second-order valence-corrected chi connectivity index (χ2v) is 41.3. The third kappa shape index (κ3) is 4.89. The predicted octanol–water partition coefficient (Wildman–Crippen LogP) is 3.58. The summed E-state index contributed by atoms with van der Waals surface area (Å²) in [7, 11) is 0. The molecule has 0 heterocycles. The van der Waals surface area contributed by atoms with Gasteiger partial charge in [-0.2, -0.15) is 0 Å². The van der Waals surface area contributed by atoms with E-state index in [1.807, 2.05) is 0 Å². The molecule has 0 fully saturated rings. The molecule has 0 N–H and O–H groups in total. The van der Waals surface area contributed by atoms with E-state index in [4.69, 9.17) is 0 Å². The van der Waals surface area contributed by atoms with Gasteiger partial charge in [0.15, 0.2) is 0 Å². The molecular formula is C10H24P2Se3. The molecule has 0 radical (unpaired) electrons. The Morgan fingerprint density at radius 1 is 0.733 bits per heavy atom. The van der Waals surface area contributed by atoms with Crippen LogP contribution in [0.4, 0.5) is 0 Å². The summed E-state index contributed by atoms with van der Waals surface area (Å²) in [6.45, 7) is 19.3. The number of rotatable bonds is 2. The van der Waals surface area contributed by atoms with E-state index in [9.17, 15) is 0 Å². The van der Waals surface area contributed by atoms with Crippen molar-refractivity contribution in [3.05, 3.63) is 0 Å². The Kier molecular flexibility index (Phi) is 6.03. The zero-order valence-corrected chi connectivity index (χ0v) is 18.0. The SMILES string of the molecule is CC(C)(C)P(C)(=[Se])[Se]P(C)(=[Se])C(C)(C)C. The van der Waals surface area contributed by atoms with Crippen LogP contribution in [0.5, 0.6) is 0 Å². The van der Waals surface area contributed by atoms with Gasteiger partial charge >= 0.3 is 118 Å². The molecule has 0 aromatic carbocycles. The van der Waals surface area contributed by atoms with Gasteiger partial charge in [0.05, 0.1) is 0 Å². The van der Waals surface area contributed by atoms with Crippen LogP contribution in [0.2, 0.25) is 0 Å². The molecule has 0 bridgehead atoms. The maximum absolute atomic E-state index is 3.57. The van der Waals surface area contributed by atoms with Crippen LogP contribution in [0, 0.1) is 0 Å². The van der Waals surface area contributed by atoms with E-state index in [2.05, 4.69) is 85.1 Å². The van der Waals surface area contributed by atoms with Gasteiger partial charge < -0.3 is 0 Å². The molecule has 0 amide bonds. The van der Waals surface area contributed by atoms with Crippen molar-refractivity contribution in [2.45, 2.75) is 51.9 Å². The van der Waals surface area contributed by atoms with Crippen molar-refractivity contribution in [3.8, 4) is 0 Å². The van der Waals surface area contributed by atoms with Crippen molar-refractivity contribution in [1.29, 1.82) is 0 Å². The maximum atomic E-state index is 3.57. The molecule has 5 heteroatoms. The zero-order chi connectivity index (χ0) is 12.7. The molecule has 0 nitrogen and oxygen atoms in total. The van der Waals surface area contributed by atoms with E-state index in [0.29, 0.717) is 10.3 Å². The van der Waals surface area contributed by atoms with E-state index in [1.165, 1.54) is 0 Å². The molecule has 2 unspecified atom stereocenters. The molecule has 15 heavy (non-hydrogen) atoms. The van der Waals surface area contributed by atoms with Gasteiger partial charge in [-0.3, -0.25) is 0 Å². The molecule has 0 aromatic heterocycles. The molecule has 2 atom stereocenters. The van der Waals surface area contributed by atoms with Gasteiger partial charge in [0.2, 0.25) is 0 Å². The second-order valence-electron chi connectivity index (χ2n) is 6.12. The molecule has 0 saturated carbocycles. The minimum atomic E-state index is -0.889. The number of hydrogen-bond donors (Lipinski definition) is 0. The fraction of sp³-hybridized carbons (Fsp3) is 1.00. The summed E-state index contributed by atoms with van der Waals surface area (Å²) in [5.74, 6) is 0. The first-order valence-electron chi connectivity index (χ1n) is 5.07. The normalized spacial score (nSPS) is 21.9. The summed E-state index contributed by atoms with van der Waals surface area (Å²) in [5, 5.41) is 0.923. The van der Waals surface area contributed by atoms with E-state index < -0.39 is 8.40 Å². The molecule has 0 aliphatic heterocycles. The van der Waals surface area contributed by atoms with E-state index in [-0.39, 0.29) is 0 Å². The molecule has 0 aliphatic rings. The van der Waals surface area contributed by atoms with Crippen LogP contribution in [0.3, 0.4) is 0 Å². The quantitative estimate of drug-likeness (QED) is 0.453. The van der Waals surface area contributed by atoms with Crippen LogP contribution in [0.1, 0.15) is 41.5 Å². The Bertz CT molecular complexity index is 289. The Morgan fingerprint density at radius 3 is 1.07 bits per heavy atom. The van der Waals surface area contributed by atoms with Gasteiger partial charge in [0, 0.05) is 0 Å². The van der Waals surface area contributed by atoms with Crippen LogP contribution in [0.25, 0.3) is 0 Å². The minimum absolute atomic E-state index is 0.462. The van der Waals surface area contributed by atoms with Gasteiger partial charge in [-0.1, -0.05) is 0 Å². The molecular weight excluding hydrogens is 419 g/mol. The monoisotopic (exact) mass is 446 g/mol. The Labute approximate surface area is 117 Å². The van der Waals surface area contributed by atoms with Crippen molar-refractivity contribution in [2.24, 2.45) is 0 Å². The summed E-state index contributed by atoms with van der Waals surface area (Å²) in [4.78, 5) is 0. The molecule has 0 spiro atoms. The second kappa shape index (κ2) is 5.19. The van der Waals surface area contributed by atoms with Crippen LogP contribution in [-0.4, -0.2) is 67.9 Å². The van der Waals surface area contributed by atoms with E-state index in [1.54, 1.807) is 0 Å². The van der Waals surface area contributed by atoms with Gasteiger partial charge in [0.1, 0.15) is 0 Å². The van der Waals surface area contributed by atoms with Crippen LogP contribution in [-0.2, 0) is 0 Å².